The molecule has 0 aliphatic rings. The van der Waals surface area contributed by atoms with Crippen LogP contribution in [0.15, 0.2) is 73.1 Å². The Morgan fingerprint density at radius 3 is 2.63 bits per heavy atom. The van der Waals surface area contributed by atoms with E-state index >= 15 is 0 Å². The minimum absolute atomic E-state index is 0.558. The van der Waals surface area contributed by atoms with Crippen molar-refractivity contribution < 1.29 is 4.74 Å². The zero-order chi connectivity index (χ0) is 20.8. The van der Waals surface area contributed by atoms with Gasteiger partial charge >= 0.3 is 0 Å². The van der Waals surface area contributed by atoms with E-state index in [1.807, 2.05) is 42.7 Å². The normalized spacial score (nSPS) is 10.7. The number of benzene rings is 2. The summed E-state index contributed by atoms with van der Waals surface area (Å²) in [7, 11) is 0. The summed E-state index contributed by atoms with van der Waals surface area (Å²) in [6.07, 6.45) is 4.84. The minimum atomic E-state index is 0.558. The third-order valence-electron chi connectivity index (χ3n) is 4.81. The second kappa shape index (κ2) is 9.55. The van der Waals surface area contributed by atoms with Crippen LogP contribution in [-0.4, -0.2) is 16.5 Å². The van der Waals surface area contributed by atoms with E-state index in [2.05, 4.69) is 54.5 Å². The predicted molar refractivity (Wildman–Crippen MR) is 125 cm³/mol. The number of hydrogen-bond donors (Lipinski definition) is 1. The van der Waals surface area contributed by atoms with E-state index in [0.717, 1.165) is 56.7 Å². The van der Waals surface area contributed by atoms with Crippen LogP contribution in [0.5, 0.6) is 5.75 Å². The Labute approximate surface area is 181 Å². The lowest BCUT2D eigenvalue weighted by Crippen LogP contribution is -1.97. The van der Waals surface area contributed by atoms with Crippen LogP contribution in [0, 0.1) is 6.92 Å². The fourth-order valence-corrected chi connectivity index (χ4v) is 4.13. The Kier molecular flexibility index (Phi) is 6.40. The lowest BCUT2D eigenvalue weighted by molar-refractivity contribution is 0.306. The summed E-state index contributed by atoms with van der Waals surface area (Å²) < 4.78 is 5.98. The van der Waals surface area contributed by atoms with Crippen molar-refractivity contribution >= 4 is 16.5 Å². The lowest BCUT2D eigenvalue weighted by atomic mass is 10.0. The number of aryl methyl sites for hydroxylation is 1. The third kappa shape index (κ3) is 4.69. The molecule has 0 bridgehead atoms. The molecule has 0 aliphatic carbocycles. The number of rotatable bonds is 8. The van der Waals surface area contributed by atoms with Crippen molar-refractivity contribution in [1.82, 2.24) is 9.97 Å². The van der Waals surface area contributed by atoms with Gasteiger partial charge in [0.05, 0.1) is 10.6 Å². The topological polar surface area (TPSA) is 47.0 Å². The first-order valence-corrected chi connectivity index (χ1v) is 11.0. The van der Waals surface area contributed by atoms with Crippen molar-refractivity contribution in [1.29, 1.82) is 0 Å². The van der Waals surface area contributed by atoms with Gasteiger partial charge in [-0.3, -0.25) is 4.98 Å². The second-order valence-electron chi connectivity index (χ2n) is 7.11. The van der Waals surface area contributed by atoms with Gasteiger partial charge in [-0.1, -0.05) is 48.6 Å². The molecule has 0 aliphatic heterocycles. The van der Waals surface area contributed by atoms with Gasteiger partial charge in [-0.05, 0) is 54.8 Å². The van der Waals surface area contributed by atoms with E-state index in [4.69, 9.17) is 9.72 Å². The van der Waals surface area contributed by atoms with Gasteiger partial charge in [-0.15, -0.1) is 0 Å². The van der Waals surface area contributed by atoms with Gasteiger partial charge in [0.25, 0.3) is 0 Å². The molecule has 0 fully saturated rings. The Hall–Kier alpha value is -3.18. The number of pyridine rings is 1. The summed E-state index contributed by atoms with van der Waals surface area (Å²) in [5.74, 6) is 0.862. The SMILES string of the molecule is CCCNc1ncc(-c2cccnc2-c2ccc(OCc3ccccc3)cc2C)s1. The van der Waals surface area contributed by atoms with Crippen LogP contribution < -0.4 is 10.1 Å². The summed E-state index contributed by atoms with van der Waals surface area (Å²) in [5, 5.41) is 4.31. The van der Waals surface area contributed by atoms with E-state index < -0.39 is 0 Å². The lowest BCUT2D eigenvalue weighted by Gasteiger charge is -2.12. The van der Waals surface area contributed by atoms with E-state index in [-0.39, 0.29) is 0 Å². The first-order valence-electron chi connectivity index (χ1n) is 10.2. The van der Waals surface area contributed by atoms with Gasteiger partial charge in [0.2, 0.25) is 0 Å². The maximum Gasteiger partial charge on any atom is 0.183 e. The number of hydrogen-bond acceptors (Lipinski definition) is 5. The average molecular weight is 416 g/mol. The standard InChI is InChI=1S/C25H25N3OS/c1-3-13-27-25-28-16-23(30-25)22-10-7-14-26-24(22)21-12-11-20(15-18(21)2)29-17-19-8-5-4-6-9-19/h4-12,14-16H,3,13,17H2,1-2H3,(H,27,28). The molecule has 2 aromatic carbocycles. The molecular weight excluding hydrogens is 390 g/mol. The first-order chi connectivity index (χ1) is 14.7. The van der Waals surface area contributed by atoms with Crippen molar-refractivity contribution in [2.75, 3.05) is 11.9 Å². The van der Waals surface area contributed by atoms with E-state index in [0.29, 0.717) is 6.61 Å². The zero-order valence-corrected chi connectivity index (χ0v) is 18.1. The van der Waals surface area contributed by atoms with Crippen LogP contribution in [0.1, 0.15) is 24.5 Å². The highest BCUT2D eigenvalue weighted by Gasteiger charge is 2.14. The highest BCUT2D eigenvalue weighted by atomic mass is 32.1. The largest absolute Gasteiger partial charge is 0.489 e. The molecule has 5 heteroatoms. The second-order valence-corrected chi connectivity index (χ2v) is 8.14. The molecule has 4 nitrogen and oxygen atoms in total. The van der Waals surface area contributed by atoms with Crippen molar-refractivity contribution in [2.45, 2.75) is 26.9 Å². The van der Waals surface area contributed by atoms with E-state index in [1.54, 1.807) is 11.3 Å². The highest BCUT2D eigenvalue weighted by Crippen LogP contribution is 2.37. The molecule has 152 valence electrons. The number of thiazole rings is 1. The number of nitrogens with zero attached hydrogens (tertiary/aromatic N) is 2. The van der Waals surface area contributed by atoms with E-state index in [1.165, 1.54) is 0 Å². The molecule has 0 saturated heterocycles. The Bertz CT molecular complexity index is 1110. The van der Waals surface area contributed by atoms with E-state index in [9.17, 15) is 0 Å². The number of anilines is 1. The van der Waals surface area contributed by atoms with Crippen LogP contribution in [0.3, 0.4) is 0 Å². The number of nitrogens with one attached hydrogen (secondary N) is 1. The summed E-state index contributed by atoms with van der Waals surface area (Å²) in [4.78, 5) is 10.3. The zero-order valence-electron chi connectivity index (χ0n) is 17.3. The molecule has 4 rings (SSSR count). The van der Waals surface area contributed by atoms with Gasteiger partial charge in [0.15, 0.2) is 5.13 Å². The van der Waals surface area contributed by atoms with Crippen LogP contribution in [0.4, 0.5) is 5.13 Å². The monoisotopic (exact) mass is 415 g/mol. The molecule has 2 aromatic heterocycles. The van der Waals surface area contributed by atoms with Gasteiger partial charge in [-0.25, -0.2) is 4.98 Å². The molecule has 0 atom stereocenters. The minimum Gasteiger partial charge on any atom is -0.489 e. The molecule has 0 spiro atoms. The molecule has 0 amide bonds. The fraction of sp³-hybridized carbons (Fsp3) is 0.200. The van der Waals surface area contributed by atoms with Crippen molar-refractivity contribution in [3.8, 4) is 27.4 Å². The van der Waals surface area contributed by atoms with Crippen molar-refractivity contribution in [2.24, 2.45) is 0 Å². The van der Waals surface area contributed by atoms with Crippen molar-refractivity contribution in [3.63, 3.8) is 0 Å². The number of ether oxygens (including phenoxy) is 1. The molecule has 0 radical (unpaired) electrons. The van der Waals surface area contributed by atoms with Gasteiger partial charge in [-0.2, -0.15) is 0 Å². The number of aromatic nitrogens is 2. The molecule has 1 N–H and O–H groups in total. The molecule has 2 heterocycles. The summed E-state index contributed by atoms with van der Waals surface area (Å²) in [5.41, 5.74) is 5.46. The third-order valence-corrected chi connectivity index (χ3v) is 5.79. The molecule has 0 unspecified atom stereocenters. The van der Waals surface area contributed by atoms with Crippen LogP contribution in [0.25, 0.3) is 21.7 Å². The highest BCUT2D eigenvalue weighted by molar-refractivity contribution is 7.18. The molecular formula is C25H25N3OS. The molecule has 0 saturated carbocycles. The van der Waals surface area contributed by atoms with Gasteiger partial charge in [0.1, 0.15) is 12.4 Å². The van der Waals surface area contributed by atoms with Crippen LogP contribution >= 0.6 is 11.3 Å². The fourth-order valence-electron chi connectivity index (χ4n) is 3.26. The maximum absolute atomic E-state index is 5.98. The Morgan fingerprint density at radius 1 is 0.967 bits per heavy atom. The molecule has 30 heavy (non-hydrogen) atoms. The van der Waals surface area contributed by atoms with Crippen LogP contribution in [-0.2, 0) is 6.61 Å². The Balaban J connectivity index is 1.57. The van der Waals surface area contributed by atoms with Crippen molar-refractivity contribution in [3.05, 3.63) is 84.2 Å². The van der Waals surface area contributed by atoms with Crippen LogP contribution in [0.2, 0.25) is 0 Å². The first kappa shape index (κ1) is 20.1. The summed E-state index contributed by atoms with van der Waals surface area (Å²) in [6, 6.07) is 20.5. The van der Waals surface area contributed by atoms with Gasteiger partial charge in [0, 0.05) is 30.1 Å². The quantitative estimate of drug-likeness (QED) is 0.353. The summed E-state index contributed by atoms with van der Waals surface area (Å²) in [6.45, 7) is 5.74. The summed E-state index contributed by atoms with van der Waals surface area (Å²) >= 11 is 1.66. The van der Waals surface area contributed by atoms with Gasteiger partial charge < -0.3 is 10.1 Å². The smallest absolute Gasteiger partial charge is 0.183 e. The maximum atomic E-state index is 5.98. The predicted octanol–water partition coefficient (Wildman–Crippen LogP) is 6.58. The Morgan fingerprint density at radius 2 is 1.83 bits per heavy atom. The molecule has 4 aromatic rings. The average Bonchev–Trinajstić information content (AvgIpc) is 3.26.